The van der Waals surface area contributed by atoms with Crippen LogP contribution in [-0.4, -0.2) is 16.3 Å². The molecule has 0 atom stereocenters. The molecule has 0 bridgehead atoms. The molecule has 0 spiro atoms. The predicted molar refractivity (Wildman–Crippen MR) is 50.2 cm³/mol. The lowest BCUT2D eigenvalue weighted by Gasteiger charge is -2.08. The number of carbonyl (C=O) groups excluding carboxylic acids is 1. The van der Waals surface area contributed by atoms with Gasteiger partial charge in [-0.2, -0.15) is 0 Å². The highest BCUT2D eigenvalue weighted by molar-refractivity contribution is 6.67. The first kappa shape index (κ1) is 9.99. The van der Waals surface area contributed by atoms with E-state index < -0.39 is 5.24 Å². The number of pyridine rings is 1. The summed E-state index contributed by atoms with van der Waals surface area (Å²) >= 11 is 5.25. The number of ether oxygens (including phenoxy) is 1. The summed E-state index contributed by atoms with van der Waals surface area (Å²) in [6, 6.07) is 3.21. The average Bonchev–Trinajstić information content (AvgIpc) is 2.03. The van der Waals surface area contributed by atoms with Crippen LogP contribution in [0.2, 0.25) is 0 Å². The molecule has 0 radical (unpaired) electrons. The van der Waals surface area contributed by atoms with Crippen molar-refractivity contribution in [1.82, 2.24) is 4.98 Å². The van der Waals surface area contributed by atoms with E-state index in [9.17, 15) is 4.79 Å². The number of rotatable bonds is 3. The van der Waals surface area contributed by atoms with E-state index in [0.29, 0.717) is 5.75 Å². The van der Waals surface area contributed by atoms with E-state index >= 15 is 0 Å². The van der Waals surface area contributed by atoms with Crippen molar-refractivity contribution < 1.29 is 9.53 Å². The molecule has 13 heavy (non-hydrogen) atoms. The van der Waals surface area contributed by atoms with Gasteiger partial charge >= 0.3 is 0 Å². The van der Waals surface area contributed by atoms with Crippen LogP contribution in [-0.2, 0) is 0 Å². The molecule has 1 rings (SSSR count). The third-order valence-corrected chi connectivity index (χ3v) is 1.50. The second kappa shape index (κ2) is 4.23. The molecule has 0 amide bonds. The zero-order valence-corrected chi connectivity index (χ0v) is 8.21. The fourth-order valence-electron chi connectivity index (χ4n) is 0.864. The van der Waals surface area contributed by atoms with Crippen molar-refractivity contribution in [1.29, 1.82) is 0 Å². The molecule has 0 aromatic carbocycles. The summed E-state index contributed by atoms with van der Waals surface area (Å²) < 4.78 is 5.35. The maximum atomic E-state index is 10.7. The molecule has 3 nitrogen and oxygen atoms in total. The summed E-state index contributed by atoms with van der Waals surface area (Å²) in [5.41, 5.74) is 0.208. The Kier molecular flexibility index (Phi) is 3.25. The van der Waals surface area contributed by atoms with Crippen LogP contribution in [0, 0.1) is 0 Å². The molecule has 70 valence electrons. The molecule has 0 aliphatic heterocycles. The maximum Gasteiger partial charge on any atom is 0.270 e. The first-order valence-electron chi connectivity index (χ1n) is 3.92. The molecule has 1 heterocycles. The van der Waals surface area contributed by atoms with Gasteiger partial charge in [-0.3, -0.25) is 9.78 Å². The van der Waals surface area contributed by atoms with Gasteiger partial charge in [-0.05, 0) is 31.5 Å². The zero-order valence-electron chi connectivity index (χ0n) is 7.45. The lowest BCUT2D eigenvalue weighted by molar-refractivity contribution is 0.107. The summed E-state index contributed by atoms with van der Waals surface area (Å²) in [4.78, 5) is 14.5. The van der Waals surface area contributed by atoms with Gasteiger partial charge in [0.25, 0.3) is 5.24 Å². The predicted octanol–water partition coefficient (Wildman–Crippen LogP) is 2.25. The smallest absolute Gasteiger partial charge is 0.270 e. The van der Waals surface area contributed by atoms with Gasteiger partial charge in [0.15, 0.2) is 0 Å². The Balaban J connectivity index is 2.85. The van der Waals surface area contributed by atoms with Crippen LogP contribution in [0.15, 0.2) is 18.3 Å². The summed E-state index contributed by atoms with van der Waals surface area (Å²) in [6.45, 7) is 3.81. The van der Waals surface area contributed by atoms with Crippen LogP contribution >= 0.6 is 11.6 Å². The van der Waals surface area contributed by atoms with E-state index in [4.69, 9.17) is 16.3 Å². The van der Waals surface area contributed by atoms with Gasteiger partial charge in [-0.15, -0.1) is 0 Å². The van der Waals surface area contributed by atoms with Gasteiger partial charge in [0.2, 0.25) is 0 Å². The van der Waals surface area contributed by atoms with E-state index in [1.807, 2.05) is 13.8 Å². The third-order valence-electron chi connectivity index (χ3n) is 1.30. The SMILES string of the molecule is CC(C)Oc1ccnc(C(=O)Cl)c1. The Morgan fingerprint density at radius 2 is 2.31 bits per heavy atom. The molecule has 1 aromatic heterocycles. The van der Waals surface area contributed by atoms with E-state index in [2.05, 4.69) is 4.98 Å². The minimum atomic E-state index is -0.575. The van der Waals surface area contributed by atoms with Crippen LogP contribution in [0.4, 0.5) is 0 Å². The molecule has 0 N–H and O–H groups in total. The van der Waals surface area contributed by atoms with Crippen molar-refractivity contribution in [2.75, 3.05) is 0 Å². The average molecular weight is 200 g/mol. The highest BCUT2D eigenvalue weighted by Crippen LogP contribution is 2.13. The molecule has 0 saturated heterocycles. The van der Waals surface area contributed by atoms with Crippen LogP contribution in [0.3, 0.4) is 0 Å². The normalized spacial score (nSPS) is 10.2. The van der Waals surface area contributed by atoms with Gasteiger partial charge < -0.3 is 4.74 Å². The molecule has 4 heteroatoms. The summed E-state index contributed by atoms with van der Waals surface area (Å²) in [5, 5.41) is -0.575. The van der Waals surface area contributed by atoms with Gasteiger partial charge in [0, 0.05) is 12.3 Å². The molecule has 1 aromatic rings. The Labute approximate surface area is 81.7 Å². The van der Waals surface area contributed by atoms with Crippen molar-refractivity contribution >= 4 is 16.8 Å². The number of halogens is 1. The van der Waals surface area contributed by atoms with E-state index in [-0.39, 0.29) is 11.8 Å². The third kappa shape index (κ3) is 3.03. The molecular formula is C9H10ClNO2. The maximum absolute atomic E-state index is 10.7. The fourth-order valence-corrected chi connectivity index (χ4v) is 0.967. The van der Waals surface area contributed by atoms with E-state index in [0.717, 1.165) is 0 Å². The summed E-state index contributed by atoms with van der Waals surface area (Å²) in [6.07, 6.45) is 1.56. The minimum Gasteiger partial charge on any atom is -0.491 e. The number of nitrogens with zero attached hydrogens (tertiary/aromatic N) is 1. The van der Waals surface area contributed by atoms with Crippen molar-refractivity contribution in [3.05, 3.63) is 24.0 Å². The van der Waals surface area contributed by atoms with Gasteiger partial charge in [0.05, 0.1) is 6.10 Å². The molecule has 0 aliphatic rings. The lowest BCUT2D eigenvalue weighted by Crippen LogP contribution is -2.06. The molecule has 0 saturated carbocycles. The Morgan fingerprint density at radius 3 is 2.85 bits per heavy atom. The first-order chi connectivity index (χ1) is 6.09. The van der Waals surface area contributed by atoms with Crippen molar-refractivity contribution in [2.45, 2.75) is 20.0 Å². The molecular weight excluding hydrogens is 190 g/mol. The highest BCUT2D eigenvalue weighted by atomic mass is 35.5. The number of hydrogen-bond donors (Lipinski definition) is 0. The van der Waals surface area contributed by atoms with Crippen LogP contribution in [0.5, 0.6) is 5.75 Å². The van der Waals surface area contributed by atoms with E-state index in [1.54, 1.807) is 6.07 Å². The summed E-state index contributed by atoms with van der Waals surface area (Å²) in [7, 11) is 0. The monoisotopic (exact) mass is 199 g/mol. The number of hydrogen-bond acceptors (Lipinski definition) is 3. The van der Waals surface area contributed by atoms with Crippen LogP contribution in [0.1, 0.15) is 24.3 Å². The standard InChI is InChI=1S/C9H10ClNO2/c1-6(2)13-7-3-4-11-8(5-7)9(10)12/h3-6H,1-2H3. The highest BCUT2D eigenvalue weighted by Gasteiger charge is 2.05. The quantitative estimate of drug-likeness (QED) is 0.701. The fraction of sp³-hybridized carbons (Fsp3) is 0.333. The van der Waals surface area contributed by atoms with Crippen LogP contribution < -0.4 is 4.74 Å². The number of aromatic nitrogens is 1. The van der Waals surface area contributed by atoms with Crippen molar-refractivity contribution in [3.8, 4) is 5.75 Å². The molecule has 0 unspecified atom stereocenters. The zero-order chi connectivity index (χ0) is 9.84. The molecule has 0 fully saturated rings. The second-order valence-corrected chi connectivity index (χ2v) is 3.16. The topological polar surface area (TPSA) is 39.2 Å². The number of carbonyl (C=O) groups is 1. The Bertz CT molecular complexity index is 312. The van der Waals surface area contributed by atoms with Crippen molar-refractivity contribution in [3.63, 3.8) is 0 Å². The molecule has 0 aliphatic carbocycles. The van der Waals surface area contributed by atoms with Gasteiger partial charge in [-0.1, -0.05) is 0 Å². The lowest BCUT2D eigenvalue weighted by atomic mass is 10.3. The van der Waals surface area contributed by atoms with Gasteiger partial charge in [-0.25, -0.2) is 0 Å². The summed E-state index contributed by atoms with van der Waals surface area (Å²) in [5.74, 6) is 0.606. The van der Waals surface area contributed by atoms with Crippen molar-refractivity contribution in [2.24, 2.45) is 0 Å². The van der Waals surface area contributed by atoms with E-state index in [1.165, 1.54) is 12.3 Å². The second-order valence-electron chi connectivity index (χ2n) is 2.82. The largest absolute Gasteiger partial charge is 0.491 e. The van der Waals surface area contributed by atoms with Gasteiger partial charge in [0.1, 0.15) is 11.4 Å². The minimum absolute atomic E-state index is 0.0701. The Hall–Kier alpha value is -1.09. The van der Waals surface area contributed by atoms with Crippen LogP contribution in [0.25, 0.3) is 0 Å². The first-order valence-corrected chi connectivity index (χ1v) is 4.30. The Morgan fingerprint density at radius 1 is 1.62 bits per heavy atom.